The van der Waals surface area contributed by atoms with Crippen LogP contribution in [0.15, 0.2) is 48.5 Å². The molecule has 1 amide bonds. The van der Waals surface area contributed by atoms with Crippen molar-refractivity contribution >= 4 is 38.9 Å². The van der Waals surface area contributed by atoms with Gasteiger partial charge in [0.25, 0.3) is 0 Å². The number of hydrogen-bond acceptors (Lipinski definition) is 3. The number of benzene rings is 2. The van der Waals surface area contributed by atoms with Crippen molar-refractivity contribution in [3.8, 4) is 0 Å². The fourth-order valence-electron chi connectivity index (χ4n) is 2.37. The predicted octanol–water partition coefficient (Wildman–Crippen LogP) is 3.44. The van der Waals surface area contributed by atoms with E-state index >= 15 is 0 Å². The summed E-state index contributed by atoms with van der Waals surface area (Å²) in [6, 6.07) is 12.7. The van der Waals surface area contributed by atoms with E-state index < -0.39 is 22.0 Å². The quantitative estimate of drug-likeness (QED) is 0.881. The summed E-state index contributed by atoms with van der Waals surface area (Å²) in [6.07, 6.45) is 1.07. The van der Waals surface area contributed by atoms with E-state index in [0.717, 1.165) is 16.1 Å². The van der Waals surface area contributed by atoms with Crippen LogP contribution in [0.4, 0.5) is 11.4 Å². The number of halogens is 1. The first kappa shape index (κ1) is 18.3. The van der Waals surface area contributed by atoms with Gasteiger partial charge >= 0.3 is 0 Å². The molecule has 0 fully saturated rings. The van der Waals surface area contributed by atoms with Gasteiger partial charge in [0.1, 0.15) is 6.04 Å². The van der Waals surface area contributed by atoms with Crippen molar-refractivity contribution in [2.24, 2.45) is 0 Å². The third kappa shape index (κ3) is 4.49. The molecule has 0 bridgehead atoms. The van der Waals surface area contributed by atoms with Crippen LogP contribution < -0.4 is 9.62 Å². The topological polar surface area (TPSA) is 66.5 Å². The summed E-state index contributed by atoms with van der Waals surface area (Å²) in [5.41, 5.74) is 2.00. The number of hydrogen-bond donors (Lipinski definition) is 1. The van der Waals surface area contributed by atoms with Crippen LogP contribution in [0.25, 0.3) is 0 Å². The van der Waals surface area contributed by atoms with Gasteiger partial charge in [0.15, 0.2) is 0 Å². The van der Waals surface area contributed by atoms with E-state index in [9.17, 15) is 13.2 Å². The van der Waals surface area contributed by atoms with E-state index in [0.29, 0.717) is 16.4 Å². The Morgan fingerprint density at radius 3 is 2.33 bits per heavy atom. The Morgan fingerprint density at radius 2 is 1.79 bits per heavy atom. The van der Waals surface area contributed by atoms with Crippen LogP contribution in [-0.2, 0) is 14.8 Å². The van der Waals surface area contributed by atoms with Crippen LogP contribution >= 0.6 is 11.6 Å². The first-order valence-electron chi connectivity index (χ1n) is 7.31. The number of nitrogens with zero attached hydrogens (tertiary/aromatic N) is 1. The Kier molecular flexibility index (Phi) is 5.51. The maximum Gasteiger partial charge on any atom is 0.247 e. The number of sulfonamides is 1. The SMILES string of the molecule is Cc1cccc(NC(=O)[C@H](C)N(c2ccc(Cl)cc2)S(C)(=O)=O)c1. The second-order valence-corrected chi connectivity index (χ2v) is 7.87. The average molecular weight is 367 g/mol. The zero-order chi connectivity index (χ0) is 17.9. The molecule has 2 aromatic carbocycles. The minimum atomic E-state index is -3.65. The molecule has 24 heavy (non-hydrogen) atoms. The molecule has 128 valence electrons. The minimum absolute atomic E-state index is 0.383. The monoisotopic (exact) mass is 366 g/mol. The van der Waals surface area contributed by atoms with Gasteiger partial charge in [0.05, 0.1) is 11.9 Å². The first-order chi connectivity index (χ1) is 11.2. The number of rotatable bonds is 5. The molecule has 0 unspecified atom stereocenters. The van der Waals surface area contributed by atoms with E-state index in [1.165, 1.54) is 0 Å². The number of carbonyl (C=O) groups is 1. The van der Waals surface area contributed by atoms with Crippen molar-refractivity contribution in [1.82, 2.24) is 0 Å². The van der Waals surface area contributed by atoms with E-state index in [2.05, 4.69) is 5.32 Å². The minimum Gasteiger partial charge on any atom is -0.324 e. The highest BCUT2D eigenvalue weighted by molar-refractivity contribution is 7.92. The average Bonchev–Trinajstić information content (AvgIpc) is 2.48. The summed E-state index contributed by atoms with van der Waals surface area (Å²) >= 11 is 5.85. The molecule has 2 aromatic rings. The van der Waals surface area contributed by atoms with Crippen molar-refractivity contribution < 1.29 is 13.2 Å². The highest BCUT2D eigenvalue weighted by Gasteiger charge is 2.29. The van der Waals surface area contributed by atoms with Crippen LogP contribution in [0.1, 0.15) is 12.5 Å². The maximum absolute atomic E-state index is 12.5. The molecule has 1 N–H and O–H groups in total. The van der Waals surface area contributed by atoms with Gasteiger partial charge in [-0.1, -0.05) is 23.7 Å². The van der Waals surface area contributed by atoms with Crippen LogP contribution in [0, 0.1) is 6.92 Å². The molecule has 0 spiro atoms. The largest absolute Gasteiger partial charge is 0.324 e. The fraction of sp³-hybridized carbons (Fsp3) is 0.235. The molecule has 0 saturated carbocycles. The van der Waals surface area contributed by atoms with Crippen molar-refractivity contribution in [2.45, 2.75) is 19.9 Å². The summed E-state index contributed by atoms with van der Waals surface area (Å²) in [7, 11) is -3.65. The third-order valence-corrected chi connectivity index (χ3v) is 4.95. The Hall–Kier alpha value is -2.05. The highest BCUT2D eigenvalue weighted by Crippen LogP contribution is 2.23. The third-order valence-electron chi connectivity index (χ3n) is 3.46. The molecule has 0 radical (unpaired) electrons. The summed E-state index contributed by atoms with van der Waals surface area (Å²) in [6.45, 7) is 3.45. The second kappa shape index (κ2) is 7.23. The lowest BCUT2D eigenvalue weighted by Gasteiger charge is -2.28. The van der Waals surface area contributed by atoms with Crippen molar-refractivity contribution in [2.75, 3.05) is 15.9 Å². The fourth-order valence-corrected chi connectivity index (χ4v) is 3.67. The Labute approximate surface area is 147 Å². The molecule has 0 heterocycles. The standard InChI is InChI=1S/C17H19ClN2O3S/c1-12-5-4-6-15(11-12)19-17(21)13(2)20(24(3,22)23)16-9-7-14(18)8-10-16/h4-11,13H,1-3H3,(H,19,21)/t13-/m0/s1. The molecule has 1 atom stereocenters. The molecule has 0 aliphatic carbocycles. The molecule has 0 aromatic heterocycles. The smallest absolute Gasteiger partial charge is 0.247 e. The number of carbonyl (C=O) groups excluding carboxylic acids is 1. The van der Waals surface area contributed by atoms with Crippen LogP contribution in [-0.4, -0.2) is 26.6 Å². The van der Waals surface area contributed by atoms with Crippen LogP contribution in [0.2, 0.25) is 5.02 Å². The molecule has 0 aliphatic heterocycles. The number of amides is 1. The predicted molar refractivity (Wildman–Crippen MR) is 98.0 cm³/mol. The van der Waals surface area contributed by atoms with E-state index in [1.807, 2.05) is 25.1 Å². The molecule has 5 nitrogen and oxygen atoms in total. The summed E-state index contributed by atoms with van der Waals surface area (Å²) in [5, 5.41) is 3.23. The van der Waals surface area contributed by atoms with Crippen molar-refractivity contribution in [3.63, 3.8) is 0 Å². The van der Waals surface area contributed by atoms with Gasteiger partial charge in [-0.05, 0) is 55.8 Å². The Morgan fingerprint density at radius 1 is 1.17 bits per heavy atom. The Bertz CT molecular complexity index is 835. The molecule has 0 aliphatic rings. The van der Waals surface area contributed by atoms with Gasteiger partial charge in [0.2, 0.25) is 15.9 Å². The molecule has 2 rings (SSSR count). The number of nitrogens with one attached hydrogen (secondary N) is 1. The zero-order valence-electron chi connectivity index (χ0n) is 13.7. The lowest BCUT2D eigenvalue weighted by molar-refractivity contribution is -0.116. The van der Waals surface area contributed by atoms with E-state index in [4.69, 9.17) is 11.6 Å². The first-order valence-corrected chi connectivity index (χ1v) is 9.53. The molecular weight excluding hydrogens is 348 g/mol. The summed E-state index contributed by atoms with van der Waals surface area (Å²) in [4.78, 5) is 12.5. The molecule has 7 heteroatoms. The van der Waals surface area contributed by atoms with Gasteiger partial charge in [-0.2, -0.15) is 0 Å². The summed E-state index contributed by atoms with van der Waals surface area (Å²) < 4.78 is 25.4. The number of anilines is 2. The van der Waals surface area contributed by atoms with Gasteiger partial charge in [-0.25, -0.2) is 8.42 Å². The Balaban J connectivity index is 2.29. The summed E-state index contributed by atoms with van der Waals surface area (Å²) in [5.74, 6) is -0.416. The van der Waals surface area contributed by atoms with Crippen LogP contribution in [0.5, 0.6) is 0 Å². The normalized spacial score (nSPS) is 12.5. The lowest BCUT2D eigenvalue weighted by Crippen LogP contribution is -2.45. The number of aryl methyl sites for hydroxylation is 1. The maximum atomic E-state index is 12.5. The lowest BCUT2D eigenvalue weighted by atomic mass is 10.2. The van der Waals surface area contributed by atoms with Gasteiger partial charge in [-0.15, -0.1) is 0 Å². The van der Waals surface area contributed by atoms with E-state index in [1.54, 1.807) is 37.3 Å². The highest BCUT2D eigenvalue weighted by atomic mass is 35.5. The van der Waals surface area contributed by atoms with Crippen molar-refractivity contribution in [1.29, 1.82) is 0 Å². The molecular formula is C17H19ClN2O3S. The van der Waals surface area contributed by atoms with E-state index in [-0.39, 0.29) is 0 Å². The second-order valence-electron chi connectivity index (χ2n) is 5.57. The van der Waals surface area contributed by atoms with Gasteiger partial charge < -0.3 is 5.32 Å². The van der Waals surface area contributed by atoms with Crippen LogP contribution in [0.3, 0.4) is 0 Å². The molecule has 0 saturated heterocycles. The van der Waals surface area contributed by atoms with Crippen molar-refractivity contribution in [3.05, 3.63) is 59.1 Å². The van der Waals surface area contributed by atoms with Gasteiger partial charge in [-0.3, -0.25) is 9.10 Å². The van der Waals surface area contributed by atoms with Gasteiger partial charge in [0, 0.05) is 10.7 Å². The zero-order valence-corrected chi connectivity index (χ0v) is 15.2.